The van der Waals surface area contributed by atoms with Gasteiger partial charge in [-0.1, -0.05) is 36.4 Å². The van der Waals surface area contributed by atoms with Gasteiger partial charge in [0.25, 0.3) is 0 Å². The van der Waals surface area contributed by atoms with Crippen LogP contribution in [0.3, 0.4) is 0 Å². The zero-order valence-corrected chi connectivity index (χ0v) is 11.7. The smallest absolute Gasteiger partial charge is 0.163 e. The van der Waals surface area contributed by atoms with Crippen LogP contribution < -0.4 is 0 Å². The quantitative estimate of drug-likeness (QED) is 0.836. The molecule has 0 aliphatic carbocycles. The first-order chi connectivity index (χ1) is 10.2. The second-order valence-corrected chi connectivity index (χ2v) is 5.37. The Hall–Kier alpha value is -1.53. The average Bonchev–Trinajstić information content (AvgIpc) is 2.51. The van der Waals surface area contributed by atoms with Crippen molar-refractivity contribution in [2.24, 2.45) is 5.92 Å². The molecule has 5 heteroatoms. The van der Waals surface area contributed by atoms with Crippen molar-refractivity contribution in [1.82, 2.24) is 5.06 Å². The van der Waals surface area contributed by atoms with Crippen molar-refractivity contribution in [2.75, 3.05) is 13.2 Å². The molecule has 2 saturated heterocycles. The van der Waals surface area contributed by atoms with Crippen LogP contribution in [0, 0.1) is 5.92 Å². The van der Waals surface area contributed by atoms with Gasteiger partial charge in [0.2, 0.25) is 0 Å². The van der Waals surface area contributed by atoms with E-state index in [0.717, 1.165) is 5.56 Å². The van der Waals surface area contributed by atoms with Gasteiger partial charge in [0.05, 0.1) is 31.8 Å². The second kappa shape index (κ2) is 6.07. The molecule has 2 fully saturated rings. The summed E-state index contributed by atoms with van der Waals surface area (Å²) in [5, 5.41) is 11.2. The van der Waals surface area contributed by atoms with E-state index in [4.69, 9.17) is 9.57 Å². The summed E-state index contributed by atoms with van der Waals surface area (Å²) in [7, 11) is 0. The molecule has 0 aromatic heterocycles. The van der Waals surface area contributed by atoms with Gasteiger partial charge in [-0.15, -0.1) is 6.58 Å². The number of Topliss-reactive ketones (excluding diaryl/α,β-unsaturated/α-hetero) is 1. The minimum absolute atomic E-state index is 0.0624. The van der Waals surface area contributed by atoms with Gasteiger partial charge in [0.15, 0.2) is 5.78 Å². The molecule has 1 aromatic carbocycles. The first-order valence-corrected chi connectivity index (χ1v) is 7.10. The summed E-state index contributed by atoms with van der Waals surface area (Å²) in [6.45, 7) is 4.25. The van der Waals surface area contributed by atoms with Crippen LogP contribution in [-0.2, 0) is 20.9 Å². The summed E-state index contributed by atoms with van der Waals surface area (Å²) < 4.78 is 5.78. The molecule has 0 radical (unpaired) electrons. The largest absolute Gasteiger partial charge is 0.394 e. The highest BCUT2D eigenvalue weighted by molar-refractivity contribution is 5.89. The first-order valence-electron chi connectivity index (χ1n) is 7.10. The highest BCUT2D eigenvalue weighted by atomic mass is 16.7. The van der Waals surface area contributed by atoms with Gasteiger partial charge in [-0.2, -0.15) is 5.06 Å². The second-order valence-electron chi connectivity index (χ2n) is 5.37. The van der Waals surface area contributed by atoms with Crippen LogP contribution in [0.15, 0.2) is 43.0 Å². The first kappa shape index (κ1) is 14.4. The van der Waals surface area contributed by atoms with Gasteiger partial charge >= 0.3 is 0 Å². The molecule has 2 aliphatic heterocycles. The lowest BCUT2D eigenvalue weighted by Gasteiger charge is -2.47. The number of benzene rings is 1. The van der Waals surface area contributed by atoms with E-state index in [-0.39, 0.29) is 31.0 Å². The molecule has 5 nitrogen and oxygen atoms in total. The lowest BCUT2D eigenvalue weighted by molar-refractivity contribution is -0.276. The zero-order chi connectivity index (χ0) is 14.8. The maximum absolute atomic E-state index is 12.6. The zero-order valence-electron chi connectivity index (χ0n) is 11.7. The Labute approximate surface area is 123 Å². The van der Waals surface area contributed by atoms with Crippen molar-refractivity contribution >= 4 is 5.78 Å². The highest BCUT2D eigenvalue weighted by Gasteiger charge is 2.50. The Morgan fingerprint density at radius 2 is 2.14 bits per heavy atom. The predicted molar refractivity (Wildman–Crippen MR) is 76.2 cm³/mol. The van der Waals surface area contributed by atoms with E-state index >= 15 is 0 Å². The third-order valence-corrected chi connectivity index (χ3v) is 4.06. The van der Waals surface area contributed by atoms with E-state index < -0.39 is 12.1 Å². The van der Waals surface area contributed by atoms with Crippen LogP contribution in [0.4, 0.5) is 0 Å². The van der Waals surface area contributed by atoms with Crippen LogP contribution in [0.2, 0.25) is 0 Å². The van der Waals surface area contributed by atoms with Crippen molar-refractivity contribution in [3.8, 4) is 0 Å². The molecule has 0 saturated carbocycles. The number of nitrogens with zero attached hydrogens (tertiary/aromatic N) is 1. The molecule has 2 aliphatic rings. The van der Waals surface area contributed by atoms with E-state index in [1.54, 1.807) is 11.1 Å². The average molecular weight is 289 g/mol. The van der Waals surface area contributed by atoms with E-state index in [1.807, 2.05) is 30.3 Å². The predicted octanol–water partition coefficient (Wildman–Crippen LogP) is 0.933. The van der Waals surface area contributed by atoms with Gasteiger partial charge in [-0.25, -0.2) is 0 Å². The van der Waals surface area contributed by atoms with Crippen molar-refractivity contribution in [1.29, 1.82) is 0 Å². The monoisotopic (exact) mass is 289 g/mol. The van der Waals surface area contributed by atoms with E-state index in [0.29, 0.717) is 6.54 Å². The number of hydroxylamine groups is 2. The Morgan fingerprint density at radius 3 is 2.81 bits per heavy atom. The fourth-order valence-corrected chi connectivity index (χ4v) is 2.97. The molecule has 0 amide bonds. The minimum atomic E-state index is -0.583. The Balaban J connectivity index is 1.81. The number of carbonyl (C=O) groups is 1. The van der Waals surface area contributed by atoms with Crippen molar-refractivity contribution in [3.63, 3.8) is 0 Å². The number of carbonyl (C=O) groups excluding carboxylic acids is 1. The molecule has 0 spiro atoms. The van der Waals surface area contributed by atoms with Crippen LogP contribution in [0.5, 0.6) is 0 Å². The lowest BCUT2D eigenvalue weighted by atomic mass is 9.85. The van der Waals surface area contributed by atoms with Crippen molar-refractivity contribution in [2.45, 2.75) is 24.8 Å². The summed E-state index contributed by atoms with van der Waals surface area (Å²) in [6, 6.07) is 9.22. The number of rotatable bonds is 4. The SMILES string of the molecule is C=C[C@@H]1O[C@H](CO)[C@H]2C(=O)[C@@H]1CON2Cc1ccccc1. The molecule has 3 rings (SSSR count). The number of hydrogen-bond donors (Lipinski definition) is 1. The molecule has 1 N–H and O–H groups in total. The summed E-state index contributed by atoms with van der Waals surface area (Å²) in [5.74, 6) is -0.269. The lowest BCUT2D eigenvalue weighted by Crippen LogP contribution is -2.64. The van der Waals surface area contributed by atoms with Gasteiger partial charge in [0, 0.05) is 0 Å². The van der Waals surface area contributed by atoms with Crippen LogP contribution in [0.1, 0.15) is 5.56 Å². The number of ketones is 1. The summed E-state index contributed by atoms with van der Waals surface area (Å²) in [5.41, 5.74) is 1.05. The molecule has 2 bridgehead atoms. The standard InChI is InChI=1S/C16H19NO4/c1-2-13-12-10-20-17(8-11-6-4-3-5-7-11)15(16(12)19)14(9-18)21-13/h2-7,12-15,18H,1,8-10H2/t12-,13+,14-,15+/m1/s1. The van der Waals surface area contributed by atoms with Gasteiger partial charge in [-0.3, -0.25) is 9.63 Å². The van der Waals surface area contributed by atoms with Crippen LogP contribution >= 0.6 is 0 Å². The topological polar surface area (TPSA) is 59.0 Å². The van der Waals surface area contributed by atoms with Gasteiger partial charge in [-0.05, 0) is 5.56 Å². The number of aliphatic hydroxyl groups excluding tert-OH is 1. The fourth-order valence-electron chi connectivity index (χ4n) is 2.97. The summed E-state index contributed by atoms with van der Waals surface area (Å²) in [4.78, 5) is 18.3. The highest BCUT2D eigenvalue weighted by Crippen LogP contribution is 2.32. The molecular formula is C16H19NO4. The van der Waals surface area contributed by atoms with Crippen molar-refractivity contribution < 1.29 is 19.5 Å². The van der Waals surface area contributed by atoms with E-state index in [9.17, 15) is 9.90 Å². The third-order valence-electron chi connectivity index (χ3n) is 4.06. The molecule has 2 heterocycles. The molecule has 21 heavy (non-hydrogen) atoms. The van der Waals surface area contributed by atoms with Crippen LogP contribution in [-0.4, -0.2) is 47.4 Å². The number of hydrogen-bond acceptors (Lipinski definition) is 5. The minimum Gasteiger partial charge on any atom is -0.394 e. The normalized spacial score (nSPS) is 32.9. The Bertz CT molecular complexity index is 518. The molecular weight excluding hydrogens is 270 g/mol. The number of aliphatic hydroxyl groups is 1. The van der Waals surface area contributed by atoms with E-state index in [1.165, 1.54) is 0 Å². The third kappa shape index (κ3) is 2.65. The van der Waals surface area contributed by atoms with Crippen molar-refractivity contribution in [3.05, 3.63) is 48.6 Å². The number of ether oxygens (including phenoxy) is 1. The molecule has 0 unspecified atom stereocenters. The molecule has 4 atom stereocenters. The molecule has 112 valence electrons. The van der Waals surface area contributed by atoms with E-state index in [2.05, 4.69) is 6.58 Å². The summed E-state index contributed by atoms with van der Waals surface area (Å²) >= 11 is 0. The Kier molecular flexibility index (Phi) is 4.17. The van der Waals surface area contributed by atoms with Gasteiger partial charge in [0.1, 0.15) is 12.1 Å². The Morgan fingerprint density at radius 1 is 1.38 bits per heavy atom. The molecule has 1 aromatic rings. The fraction of sp³-hybridized carbons (Fsp3) is 0.438. The summed E-state index contributed by atoms with van der Waals surface area (Å²) in [6.07, 6.45) is 0.642. The maximum Gasteiger partial charge on any atom is 0.163 e. The number of fused-ring (bicyclic) bond motifs is 2. The van der Waals surface area contributed by atoms with Crippen LogP contribution in [0.25, 0.3) is 0 Å². The maximum atomic E-state index is 12.6. The van der Waals surface area contributed by atoms with Gasteiger partial charge < -0.3 is 9.84 Å².